The molecule has 5 nitrogen and oxygen atoms in total. The van der Waals surface area contributed by atoms with Crippen LogP contribution >= 0.6 is 0 Å². The molecule has 0 unspecified atom stereocenters. The van der Waals surface area contributed by atoms with Gasteiger partial charge in [-0.1, -0.05) is 0 Å². The molecule has 0 fully saturated rings. The number of aromatic nitrogens is 2. The Hall–Kier alpha value is -3.29. The molecule has 0 bridgehead atoms. The normalized spacial score (nSPS) is 11.7. The molecule has 0 aliphatic rings. The van der Waals surface area contributed by atoms with Crippen LogP contribution in [0.25, 0.3) is 5.69 Å². The zero-order valence-corrected chi connectivity index (χ0v) is 14.8. The summed E-state index contributed by atoms with van der Waals surface area (Å²) >= 11 is 0. The zero-order chi connectivity index (χ0) is 19.4. The standard InChI is InChI=1S/C19H18F3N5/c1-26(2)15-6-8-16(9-7-15)27-11-3-4-17(27)13-24-25-18-10-5-14(12-23-18)19(20,21)22/h3-13H,1-2H3,(H,23,25)/b24-13+. The van der Waals surface area contributed by atoms with Gasteiger partial charge in [0.15, 0.2) is 0 Å². The summed E-state index contributed by atoms with van der Waals surface area (Å²) in [7, 11) is 3.95. The third kappa shape index (κ3) is 4.46. The number of hydrazone groups is 1. The fraction of sp³-hybridized carbons (Fsp3) is 0.158. The highest BCUT2D eigenvalue weighted by Crippen LogP contribution is 2.28. The molecule has 0 spiro atoms. The summed E-state index contributed by atoms with van der Waals surface area (Å²) in [6, 6.07) is 14.0. The predicted molar refractivity (Wildman–Crippen MR) is 101 cm³/mol. The summed E-state index contributed by atoms with van der Waals surface area (Å²) in [4.78, 5) is 5.73. The quantitative estimate of drug-likeness (QED) is 0.533. The van der Waals surface area contributed by atoms with Gasteiger partial charge in [0, 0.05) is 37.9 Å². The first kappa shape index (κ1) is 18.5. The van der Waals surface area contributed by atoms with Gasteiger partial charge in [-0.2, -0.15) is 18.3 Å². The highest BCUT2D eigenvalue weighted by molar-refractivity contribution is 5.79. The Labute approximate surface area is 154 Å². The molecule has 0 saturated heterocycles. The Morgan fingerprint density at radius 2 is 1.81 bits per heavy atom. The SMILES string of the molecule is CN(C)c1ccc(-n2cccc2/C=N/Nc2ccc(C(F)(F)F)cn2)cc1. The van der Waals surface area contributed by atoms with E-state index in [9.17, 15) is 13.2 Å². The second-order valence-corrected chi connectivity index (χ2v) is 6.01. The van der Waals surface area contributed by atoms with Gasteiger partial charge in [-0.05, 0) is 48.5 Å². The Kier molecular flexibility index (Phi) is 5.16. The summed E-state index contributed by atoms with van der Waals surface area (Å²) in [5.41, 5.74) is 4.71. The Balaban J connectivity index is 1.71. The number of hydrogen-bond donors (Lipinski definition) is 1. The first-order valence-corrected chi connectivity index (χ1v) is 8.12. The third-order valence-corrected chi connectivity index (χ3v) is 3.89. The van der Waals surface area contributed by atoms with Gasteiger partial charge in [0.2, 0.25) is 0 Å². The van der Waals surface area contributed by atoms with Gasteiger partial charge < -0.3 is 9.47 Å². The second kappa shape index (κ2) is 7.53. The topological polar surface area (TPSA) is 45.5 Å². The smallest absolute Gasteiger partial charge is 0.378 e. The maximum atomic E-state index is 12.5. The highest BCUT2D eigenvalue weighted by atomic mass is 19.4. The van der Waals surface area contributed by atoms with Gasteiger partial charge in [-0.15, -0.1) is 0 Å². The number of alkyl halides is 3. The summed E-state index contributed by atoms with van der Waals surface area (Å²) in [6.45, 7) is 0. The van der Waals surface area contributed by atoms with Gasteiger partial charge in [-0.25, -0.2) is 4.98 Å². The molecule has 3 rings (SSSR count). The van der Waals surface area contributed by atoms with Crippen molar-refractivity contribution in [3.05, 3.63) is 72.2 Å². The first-order valence-electron chi connectivity index (χ1n) is 8.12. The molecule has 1 N–H and O–H groups in total. The van der Waals surface area contributed by atoms with Gasteiger partial charge in [0.25, 0.3) is 0 Å². The Morgan fingerprint density at radius 1 is 1.07 bits per heavy atom. The lowest BCUT2D eigenvalue weighted by molar-refractivity contribution is -0.137. The summed E-state index contributed by atoms with van der Waals surface area (Å²) < 4.78 is 39.6. The van der Waals surface area contributed by atoms with E-state index in [1.165, 1.54) is 6.07 Å². The van der Waals surface area contributed by atoms with Crippen molar-refractivity contribution in [2.45, 2.75) is 6.18 Å². The molecule has 0 saturated carbocycles. The second-order valence-electron chi connectivity index (χ2n) is 6.01. The number of nitrogens with zero attached hydrogens (tertiary/aromatic N) is 4. The van der Waals surface area contributed by atoms with E-state index in [-0.39, 0.29) is 5.82 Å². The van der Waals surface area contributed by atoms with Crippen molar-refractivity contribution in [3.8, 4) is 5.69 Å². The lowest BCUT2D eigenvalue weighted by Crippen LogP contribution is -2.08. The maximum Gasteiger partial charge on any atom is 0.417 e. The molecule has 140 valence electrons. The summed E-state index contributed by atoms with van der Waals surface area (Å²) in [6.07, 6.45) is -0.147. The molecule has 0 amide bonds. The van der Waals surface area contributed by atoms with Gasteiger partial charge in [0.1, 0.15) is 5.82 Å². The molecule has 27 heavy (non-hydrogen) atoms. The fourth-order valence-corrected chi connectivity index (χ4v) is 2.44. The van der Waals surface area contributed by atoms with Crippen LogP contribution in [0.1, 0.15) is 11.3 Å². The molecule has 1 aromatic carbocycles. The molecule has 0 radical (unpaired) electrons. The number of rotatable bonds is 5. The maximum absolute atomic E-state index is 12.5. The van der Waals surface area contributed by atoms with Crippen LogP contribution in [0.15, 0.2) is 66.0 Å². The minimum atomic E-state index is -4.41. The third-order valence-electron chi connectivity index (χ3n) is 3.89. The van der Waals surface area contributed by atoms with E-state index in [1.54, 1.807) is 6.21 Å². The van der Waals surface area contributed by atoms with Crippen LogP contribution < -0.4 is 10.3 Å². The lowest BCUT2D eigenvalue weighted by atomic mass is 10.2. The average Bonchev–Trinajstić information content (AvgIpc) is 3.10. The molecule has 3 aromatic rings. The van der Waals surface area contributed by atoms with Crippen LogP contribution in [0, 0.1) is 0 Å². The van der Waals surface area contributed by atoms with Crippen molar-refractivity contribution in [2.24, 2.45) is 5.10 Å². The van der Waals surface area contributed by atoms with Crippen LogP contribution in [0.2, 0.25) is 0 Å². The molecule has 8 heteroatoms. The number of halogens is 3. The van der Waals surface area contributed by atoms with E-state index >= 15 is 0 Å². The van der Waals surface area contributed by atoms with E-state index in [0.29, 0.717) is 0 Å². The zero-order valence-electron chi connectivity index (χ0n) is 14.8. The van der Waals surface area contributed by atoms with Gasteiger partial charge >= 0.3 is 6.18 Å². The van der Waals surface area contributed by atoms with Crippen molar-refractivity contribution < 1.29 is 13.2 Å². The van der Waals surface area contributed by atoms with Crippen molar-refractivity contribution in [2.75, 3.05) is 24.4 Å². The number of nitrogens with one attached hydrogen (secondary N) is 1. The van der Waals surface area contributed by atoms with Crippen molar-refractivity contribution in [1.82, 2.24) is 9.55 Å². The van der Waals surface area contributed by atoms with Crippen LogP contribution in [0.4, 0.5) is 24.7 Å². The molecule has 0 aliphatic heterocycles. The Bertz CT molecular complexity index is 910. The molecule has 2 heterocycles. The predicted octanol–water partition coefficient (Wildman–Crippen LogP) is 4.40. The van der Waals surface area contributed by atoms with Crippen LogP contribution in [-0.2, 0) is 6.18 Å². The van der Waals surface area contributed by atoms with Crippen LogP contribution in [0.3, 0.4) is 0 Å². The number of hydrogen-bond acceptors (Lipinski definition) is 4. The van der Waals surface area contributed by atoms with Crippen LogP contribution in [-0.4, -0.2) is 29.9 Å². The summed E-state index contributed by atoms with van der Waals surface area (Å²) in [5, 5.41) is 4.06. The first-order chi connectivity index (χ1) is 12.8. The number of benzene rings is 1. The average molecular weight is 373 g/mol. The van der Waals surface area contributed by atoms with E-state index < -0.39 is 11.7 Å². The lowest BCUT2D eigenvalue weighted by Gasteiger charge is -2.13. The van der Waals surface area contributed by atoms with E-state index in [4.69, 9.17) is 0 Å². The Morgan fingerprint density at radius 3 is 2.41 bits per heavy atom. The molecular weight excluding hydrogens is 355 g/mol. The van der Waals surface area contributed by atoms with E-state index in [2.05, 4.69) is 15.5 Å². The van der Waals surface area contributed by atoms with Crippen molar-refractivity contribution in [1.29, 1.82) is 0 Å². The molecule has 0 atom stereocenters. The molecular formula is C19H18F3N5. The molecule has 0 aliphatic carbocycles. The van der Waals surface area contributed by atoms with E-state index in [1.807, 2.05) is 66.2 Å². The van der Waals surface area contributed by atoms with Crippen molar-refractivity contribution >= 4 is 17.7 Å². The van der Waals surface area contributed by atoms with Gasteiger partial charge in [-0.3, -0.25) is 5.43 Å². The van der Waals surface area contributed by atoms with Gasteiger partial charge in [0.05, 0.1) is 17.5 Å². The fourth-order valence-electron chi connectivity index (χ4n) is 2.44. The minimum Gasteiger partial charge on any atom is -0.378 e. The van der Waals surface area contributed by atoms with E-state index in [0.717, 1.165) is 29.3 Å². The van der Waals surface area contributed by atoms with Crippen molar-refractivity contribution in [3.63, 3.8) is 0 Å². The van der Waals surface area contributed by atoms with Crippen LogP contribution in [0.5, 0.6) is 0 Å². The number of pyridine rings is 1. The highest BCUT2D eigenvalue weighted by Gasteiger charge is 2.30. The molecule has 2 aromatic heterocycles. The summed E-state index contributed by atoms with van der Waals surface area (Å²) in [5.74, 6) is 0.229. The minimum absolute atomic E-state index is 0.229. The largest absolute Gasteiger partial charge is 0.417 e. The number of anilines is 2. The monoisotopic (exact) mass is 373 g/mol.